The van der Waals surface area contributed by atoms with Gasteiger partial charge in [-0.1, -0.05) is 0 Å². The molecule has 0 fully saturated rings. The summed E-state index contributed by atoms with van der Waals surface area (Å²) in [6.07, 6.45) is 3.07. The van der Waals surface area contributed by atoms with Gasteiger partial charge in [-0.2, -0.15) is 0 Å². The predicted molar refractivity (Wildman–Crippen MR) is 65.3 cm³/mol. The molecule has 0 aliphatic carbocycles. The second-order valence-electron chi connectivity index (χ2n) is 3.26. The van der Waals surface area contributed by atoms with Gasteiger partial charge in [0.25, 0.3) is 0 Å². The van der Waals surface area contributed by atoms with Gasteiger partial charge in [0.1, 0.15) is 0 Å². The second-order valence-corrected chi connectivity index (χ2v) is 3.54. The van der Waals surface area contributed by atoms with Crippen LogP contribution < -0.4 is 5.32 Å². The molecule has 2 N–H and O–H groups in total. The fourth-order valence-electron chi connectivity index (χ4n) is 1.17. The van der Waals surface area contributed by atoms with E-state index in [1.54, 1.807) is 30.3 Å². The fraction of sp³-hybridized carbons (Fsp3) is 0.0769. The van der Waals surface area contributed by atoms with E-state index in [-0.39, 0.29) is 12.5 Å². The Balaban J connectivity index is 2.76. The molecule has 0 radical (unpaired) electrons. The van der Waals surface area contributed by atoms with E-state index in [0.717, 1.165) is 5.56 Å². The predicted octanol–water partition coefficient (Wildman–Crippen LogP) is 1.58. The first kappa shape index (κ1) is 13.6. The number of hydrogen-bond donors (Lipinski definition) is 2. The van der Waals surface area contributed by atoms with E-state index in [1.807, 2.05) is 0 Å². The zero-order valence-electron chi connectivity index (χ0n) is 9.13. The van der Waals surface area contributed by atoms with Gasteiger partial charge in [-0.15, -0.1) is 0 Å². The third kappa shape index (κ3) is 4.10. The third-order valence-corrected chi connectivity index (χ3v) is 2.36. The Kier molecular flexibility index (Phi) is 5.54. The molecule has 0 saturated heterocycles. The van der Waals surface area contributed by atoms with Crippen LogP contribution >= 0.6 is 0 Å². The number of anilines is 1. The fourth-order valence-corrected chi connectivity index (χ4v) is 1.40. The van der Waals surface area contributed by atoms with Crippen LogP contribution in [0.25, 0.3) is 0 Å². The molecule has 0 atom stereocenters. The van der Waals surface area contributed by atoms with Gasteiger partial charge in [0.2, 0.25) is 0 Å². The van der Waals surface area contributed by atoms with Crippen molar-refractivity contribution in [3.05, 3.63) is 54.1 Å². The minimum absolute atomic E-state index is 0.0164. The van der Waals surface area contributed by atoms with Crippen molar-refractivity contribution in [1.82, 2.24) is 0 Å². The molecule has 1 aromatic rings. The van der Waals surface area contributed by atoms with Crippen LogP contribution in [0, 0.1) is 0 Å². The molecule has 17 heavy (non-hydrogen) atoms. The molecule has 0 aliphatic heterocycles. The minimum atomic E-state index is -0.270. The molecule has 3 nitrogen and oxygen atoms in total. The van der Waals surface area contributed by atoms with Gasteiger partial charge in [-0.3, -0.25) is 0 Å². The summed E-state index contributed by atoms with van der Waals surface area (Å²) in [5.74, 6) is -0.270. The van der Waals surface area contributed by atoms with E-state index in [9.17, 15) is 4.79 Å². The summed E-state index contributed by atoms with van der Waals surface area (Å²) < 4.78 is 0. The van der Waals surface area contributed by atoms with E-state index in [2.05, 4.69) is 26.9 Å². The zero-order chi connectivity index (χ0) is 12.7. The molecule has 0 aromatic heterocycles. The van der Waals surface area contributed by atoms with E-state index in [4.69, 9.17) is 5.11 Å². The number of nitrogens with one attached hydrogen (secondary N) is 1. The summed E-state index contributed by atoms with van der Waals surface area (Å²) in [4.78, 5) is 13.1. The van der Waals surface area contributed by atoms with Gasteiger partial charge in [-0.05, 0) is 0 Å². The number of allylic oxidation sites excluding steroid dienone is 2. The molecule has 92 valence electrons. The van der Waals surface area contributed by atoms with Crippen LogP contribution in [0.2, 0.25) is 0 Å². The Labute approximate surface area is 108 Å². The van der Waals surface area contributed by atoms with Crippen LogP contribution in [0.4, 0.5) is 5.69 Å². The van der Waals surface area contributed by atoms with Gasteiger partial charge in [-0.25, -0.2) is 0 Å². The van der Waals surface area contributed by atoms with Crippen molar-refractivity contribution < 1.29 is 24.9 Å². The average molecular weight is 274 g/mol. The number of rotatable bonds is 5. The Morgan fingerprint density at radius 2 is 2.06 bits per heavy atom. The molecule has 1 rings (SSSR count). The van der Waals surface area contributed by atoms with E-state index >= 15 is 0 Å². The van der Waals surface area contributed by atoms with Crippen LogP contribution in [-0.2, 0) is 26.4 Å². The van der Waals surface area contributed by atoms with Crippen LogP contribution in [-0.4, -0.2) is 16.0 Å². The first-order valence-corrected chi connectivity index (χ1v) is 5.52. The third-order valence-electron chi connectivity index (χ3n) is 2.05. The molecule has 4 heteroatoms. The first-order chi connectivity index (χ1) is 8.21. The van der Waals surface area contributed by atoms with Crippen LogP contribution in [0.15, 0.2) is 48.6 Å². The molecule has 0 heterocycles. The molecule has 1 amide bonds. The molecular weight excluding hydrogens is 261 g/mol. The van der Waals surface area contributed by atoms with Crippen molar-refractivity contribution >= 4 is 16.6 Å². The molecule has 0 aliphatic rings. The summed E-state index contributed by atoms with van der Waals surface area (Å²) in [5, 5.41) is 11.6. The van der Waals surface area contributed by atoms with Crippen molar-refractivity contribution in [1.29, 1.82) is 0 Å². The molecule has 1 aromatic carbocycles. The summed E-state index contributed by atoms with van der Waals surface area (Å²) in [6, 6.07) is 6.93. The monoisotopic (exact) mass is 273 g/mol. The summed E-state index contributed by atoms with van der Waals surface area (Å²) in [5.41, 5.74) is 1.84. The summed E-state index contributed by atoms with van der Waals surface area (Å²) in [6.45, 7) is 3.50. The Bertz CT molecular complexity index is 449. The van der Waals surface area contributed by atoms with Gasteiger partial charge >= 0.3 is 108 Å². The number of aliphatic hydroxyl groups is 1. The Hall–Kier alpha value is -1.51. The maximum atomic E-state index is 11.7. The molecule has 0 saturated carbocycles. The molecule has 0 spiro atoms. The molecule has 0 bridgehead atoms. The topological polar surface area (TPSA) is 49.3 Å². The second kappa shape index (κ2) is 6.94. The number of amides is 1. The quantitative estimate of drug-likeness (QED) is 0.486. The van der Waals surface area contributed by atoms with Crippen molar-refractivity contribution in [3.63, 3.8) is 0 Å². The number of carbonyl (C=O) groups is 1. The van der Waals surface area contributed by atoms with Crippen molar-refractivity contribution in [2.75, 3.05) is 5.32 Å². The van der Waals surface area contributed by atoms with Crippen molar-refractivity contribution in [2.45, 2.75) is 6.61 Å². The number of benzene rings is 1. The Morgan fingerprint density at radius 1 is 1.41 bits per heavy atom. The summed E-state index contributed by atoms with van der Waals surface area (Å²) in [7, 11) is 0. The standard InChI is InChI=1S/C13H13NO2.Ni/c1-3-4-10(2)13(16)14-12-7-5-11(9-15)6-8-12;/h2-8,15H,1,9H2,(H,14,16);/b10-4+;. The van der Waals surface area contributed by atoms with Crippen LogP contribution in [0.3, 0.4) is 0 Å². The zero-order valence-corrected chi connectivity index (χ0v) is 10.1. The molecular formula is C13H13NNiO2. The van der Waals surface area contributed by atoms with Crippen LogP contribution in [0.1, 0.15) is 5.56 Å². The maximum absolute atomic E-state index is 11.7. The van der Waals surface area contributed by atoms with E-state index in [0.29, 0.717) is 11.3 Å². The summed E-state index contributed by atoms with van der Waals surface area (Å²) >= 11 is 4.44. The number of carbonyl (C=O) groups excluding carboxylic acids is 1. The van der Waals surface area contributed by atoms with Crippen molar-refractivity contribution in [2.24, 2.45) is 0 Å². The number of aliphatic hydroxyl groups excluding tert-OH is 1. The molecule has 0 unspecified atom stereocenters. The number of hydrogen-bond acceptors (Lipinski definition) is 2. The van der Waals surface area contributed by atoms with E-state index < -0.39 is 0 Å². The van der Waals surface area contributed by atoms with Crippen molar-refractivity contribution in [3.8, 4) is 0 Å². The van der Waals surface area contributed by atoms with Gasteiger partial charge in [0.05, 0.1) is 0 Å². The average Bonchev–Trinajstić information content (AvgIpc) is 2.36. The van der Waals surface area contributed by atoms with E-state index in [1.165, 1.54) is 11.1 Å². The normalized spacial score (nSPS) is 10.9. The SMILES string of the molecule is C=C/C=C(\[CH]=[Ni])C(=O)Nc1ccc(CO)cc1. The van der Waals surface area contributed by atoms with Gasteiger partial charge in [0.15, 0.2) is 0 Å². The van der Waals surface area contributed by atoms with Gasteiger partial charge < -0.3 is 0 Å². The Morgan fingerprint density at radius 3 is 2.53 bits per heavy atom. The van der Waals surface area contributed by atoms with Crippen LogP contribution in [0.5, 0.6) is 0 Å². The first-order valence-electron chi connectivity index (χ1n) is 4.95. The van der Waals surface area contributed by atoms with Gasteiger partial charge in [0, 0.05) is 0 Å².